The molecule has 0 aliphatic carbocycles. The third-order valence-corrected chi connectivity index (χ3v) is 3.78. The number of oxime groups is 1. The lowest BCUT2D eigenvalue weighted by atomic mass is 9.99. The number of unbranched alkanes of at least 4 members (excludes halogenated alkanes) is 1. The van der Waals surface area contributed by atoms with Crippen LogP contribution in [0.5, 0.6) is 0 Å². The lowest BCUT2D eigenvalue weighted by molar-refractivity contribution is -0.120. The molecule has 1 aromatic heterocycles. The Kier molecular flexibility index (Phi) is 6.49. The maximum absolute atomic E-state index is 12.1. The van der Waals surface area contributed by atoms with Gasteiger partial charge in [-0.3, -0.25) is 4.79 Å². The molecule has 19 heavy (non-hydrogen) atoms. The molecule has 1 aromatic rings. The number of hydrogen-bond donors (Lipinski definition) is 2. The molecule has 0 aromatic carbocycles. The Morgan fingerprint density at radius 2 is 2.32 bits per heavy atom. The maximum atomic E-state index is 12.1. The third kappa shape index (κ3) is 4.63. The summed E-state index contributed by atoms with van der Waals surface area (Å²) < 4.78 is 0. The van der Waals surface area contributed by atoms with Gasteiger partial charge in [0.15, 0.2) is 5.13 Å². The van der Waals surface area contributed by atoms with E-state index in [1.807, 2.05) is 6.92 Å². The minimum Gasteiger partial charge on any atom is -0.411 e. The van der Waals surface area contributed by atoms with E-state index in [-0.39, 0.29) is 11.8 Å². The predicted octanol–water partition coefficient (Wildman–Crippen LogP) is 3.50. The molecule has 5 nitrogen and oxygen atoms in total. The number of aromatic nitrogens is 1. The predicted molar refractivity (Wildman–Crippen MR) is 78.0 cm³/mol. The number of hydrogen-bond acceptors (Lipinski definition) is 5. The summed E-state index contributed by atoms with van der Waals surface area (Å²) in [7, 11) is 0. The molecule has 2 N–H and O–H groups in total. The Labute approximate surface area is 117 Å². The standard InChI is InChI=1S/C13H21N3O2S/c1-4-6-7-10(5-2)12(17)15-13-14-11(8-19-13)9(3)16-18/h8,10,18H,4-7H2,1-3H3,(H,14,15,17). The van der Waals surface area contributed by atoms with Crippen molar-refractivity contribution >= 4 is 28.1 Å². The lowest BCUT2D eigenvalue weighted by Gasteiger charge is -2.12. The fraction of sp³-hybridized carbons (Fsp3) is 0.615. The minimum absolute atomic E-state index is 0.0236. The van der Waals surface area contributed by atoms with E-state index < -0.39 is 0 Å². The van der Waals surface area contributed by atoms with Gasteiger partial charge in [-0.05, 0) is 19.8 Å². The van der Waals surface area contributed by atoms with Crippen LogP contribution in [0.3, 0.4) is 0 Å². The van der Waals surface area contributed by atoms with Gasteiger partial charge in [-0.15, -0.1) is 11.3 Å². The average Bonchev–Trinajstić information content (AvgIpc) is 2.87. The molecule has 0 fully saturated rings. The van der Waals surface area contributed by atoms with Crippen molar-refractivity contribution in [2.75, 3.05) is 5.32 Å². The van der Waals surface area contributed by atoms with Crippen molar-refractivity contribution in [2.45, 2.75) is 46.5 Å². The van der Waals surface area contributed by atoms with Crippen molar-refractivity contribution < 1.29 is 10.0 Å². The summed E-state index contributed by atoms with van der Waals surface area (Å²) in [4.78, 5) is 16.3. The van der Waals surface area contributed by atoms with E-state index in [4.69, 9.17) is 5.21 Å². The molecule has 0 radical (unpaired) electrons. The second-order valence-electron chi connectivity index (χ2n) is 4.46. The number of amides is 1. The Hall–Kier alpha value is -1.43. The van der Waals surface area contributed by atoms with E-state index in [9.17, 15) is 4.79 Å². The fourth-order valence-corrected chi connectivity index (χ4v) is 2.48. The second-order valence-corrected chi connectivity index (χ2v) is 5.32. The first-order chi connectivity index (χ1) is 9.12. The van der Waals surface area contributed by atoms with Crippen LogP contribution in [0.15, 0.2) is 10.5 Å². The maximum Gasteiger partial charge on any atom is 0.229 e. The van der Waals surface area contributed by atoms with Crippen molar-refractivity contribution in [3.05, 3.63) is 11.1 Å². The molecule has 6 heteroatoms. The van der Waals surface area contributed by atoms with Gasteiger partial charge in [-0.25, -0.2) is 4.98 Å². The van der Waals surface area contributed by atoms with E-state index in [0.717, 1.165) is 25.7 Å². The van der Waals surface area contributed by atoms with E-state index in [1.165, 1.54) is 11.3 Å². The van der Waals surface area contributed by atoms with E-state index in [0.29, 0.717) is 16.5 Å². The first-order valence-electron chi connectivity index (χ1n) is 6.57. The van der Waals surface area contributed by atoms with Crippen LogP contribution in [-0.2, 0) is 4.79 Å². The monoisotopic (exact) mass is 283 g/mol. The highest BCUT2D eigenvalue weighted by Gasteiger charge is 2.17. The summed E-state index contributed by atoms with van der Waals surface area (Å²) >= 11 is 1.34. The summed E-state index contributed by atoms with van der Waals surface area (Å²) in [5.41, 5.74) is 1.03. The van der Waals surface area contributed by atoms with E-state index in [2.05, 4.69) is 22.4 Å². The number of nitrogens with zero attached hydrogens (tertiary/aromatic N) is 2. The zero-order chi connectivity index (χ0) is 14.3. The van der Waals surface area contributed by atoms with Crippen LogP contribution in [0, 0.1) is 5.92 Å². The summed E-state index contributed by atoms with van der Waals surface area (Å²) in [5.74, 6) is 0.0651. The third-order valence-electron chi connectivity index (χ3n) is 3.02. The van der Waals surface area contributed by atoms with Gasteiger partial charge in [0.05, 0.1) is 0 Å². The SMILES string of the molecule is CCCCC(CC)C(=O)Nc1nc(C(C)=NO)cs1. The van der Waals surface area contributed by atoms with Crippen LogP contribution in [0.4, 0.5) is 5.13 Å². The molecule has 0 bridgehead atoms. The van der Waals surface area contributed by atoms with Crippen molar-refractivity contribution in [1.29, 1.82) is 0 Å². The number of nitrogens with one attached hydrogen (secondary N) is 1. The number of anilines is 1. The smallest absolute Gasteiger partial charge is 0.229 e. The number of thiazole rings is 1. The number of rotatable bonds is 7. The molecule has 1 amide bonds. The molecular formula is C13H21N3O2S. The van der Waals surface area contributed by atoms with Gasteiger partial charge in [0.1, 0.15) is 11.4 Å². The second kappa shape index (κ2) is 7.89. The van der Waals surface area contributed by atoms with Crippen LogP contribution in [0.25, 0.3) is 0 Å². The van der Waals surface area contributed by atoms with Gasteiger partial charge >= 0.3 is 0 Å². The Bertz CT molecular complexity index is 443. The van der Waals surface area contributed by atoms with Crippen molar-refractivity contribution in [2.24, 2.45) is 11.1 Å². The van der Waals surface area contributed by atoms with E-state index >= 15 is 0 Å². The molecule has 106 valence electrons. The van der Waals surface area contributed by atoms with Crippen LogP contribution in [0.1, 0.15) is 52.1 Å². The van der Waals surface area contributed by atoms with Crippen LogP contribution < -0.4 is 5.32 Å². The largest absolute Gasteiger partial charge is 0.411 e. The van der Waals surface area contributed by atoms with Gasteiger partial charge in [-0.2, -0.15) is 0 Å². The highest BCUT2D eigenvalue weighted by atomic mass is 32.1. The Morgan fingerprint density at radius 3 is 2.89 bits per heavy atom. The zero-order valence-electron chi connectivity index (χ0n) is 11.6. The molecule has 1 unspecified atom stereocenters. The average molecular weight is 283 g/mol. The van der Waals surface area contributed by atoms with Crippen molar-refractivity contribution in [3.63, 3.8) is 0 Å². The molecular weight excluding hydrogens is 262 g/mol. The van der Waals surface area contributed by atoms with Gasteiger partial charge < -0.3 is 10.5 Å². The van der Waals surface area contributed by atoms with E-state index in [1.54, 1.807) is 12.3 Å². The molecule has 1 atom stereocenters. The van der Waals surface area contributed by atoms with Crippen LogP contribution >= 0.6 is 11.3 Å². The van der Waals surface area contributed by atoms with Crippen molar-refractivity contribution in [3.8, 4) is 0 Å². The fourth-order valence-electron chi connectivity index (χ4n) is 1.73. The van der Waals surface area contributed by atoms with Crippen LogP contribution in [0.2, 0.25) is 0 Å². The zero-order valence-corrected chi connectivity index (χ0v) is 12.5. The molecule has 0 aliphatic heterocycles. The quantitative estimate of drug-likeness (QED) is 0.457. The lowest BCUT2D eigenvalue weighted by Crippen LogP contribution is -2.22. The van der Waals surface area contributed by atoms with Crippen molar-refractivity contribution in [1.82, 2.24) is 4.98 Å². The summed E-state index contributed by atoms with van der Waals surface area (Å²) in [5, 5.41) is 16.9. The van der Waals surface area contributed by atoms with Gasteiger partial charge in [-0.1, -0.05) is 31.8 Å². The Morgan fingerprint density at radius 1 is 1.58 bits per heavy atom. The first-order valence-corrected chi connectivity index (χ1v) is 7.45. The van der Waals surface area contributed by atoms with Gasteiger partial charge in [0.2, 0.25) is 5.91 Å². The Balaban J connectivity index is 2.62. The summed E-state index contributed by atoms with van der Waals surface area (Å²) in [6.45, 7) is 5.81. The molecule has 0 aliphatic rings. The highest BCUT2D eigenvalue weighted by molar-refractivity contribution is 7.14. The number of carbonyl (C=O) groups excluding carboxylic acids is 1. The summed E-state index contributed by atoms with van der Waals surface area (Å²) in [6.07, 6.45) is 3.90. The normalized spacial score (nSPS) is 13.3. The highest BCUT2D eigenvalue weighted by Crippen LogP contribution is 2.19. The summed E-state index contributed by atoms with van der Waals surface area (Å²) in [6, 6.07) is 0. The minimum atomic E-state index is 0.0236. The van der Waals surface area contributed by atoms with Gasteiger partial charge in [0, 0.05) is 11.3 Å². The van der Waals surface area contributed by atoms with Crippen LogP contribution in [-0.4, -0.2) is 21.8 Å². The topological polar surface area (TPSA) is 74.6 Å². The molecule has 0 spiro atoms. The molecule has 1 heterocycles. The molecule has 0 saturated heterocycles. The molecule has 1 rings (SSSR count). The first kappa shape index (κ1) is 15.6. The molecule has 0 saturated carbocycles. The number of carbonyl (C=O) groups is 1. The van der Waals surface area contributed by atoms with Gasteiger partial charge in [0.25, 0.3) is 0 Å².